The topological polar surface area (TPSA) is 153 Å². The molecule has 0 unspecified atom stereocenters. The van der Waals surface area contributed by atoms with Crippen LogP contribution in [0.4, 0.5) is 10.6 Å². The number of alkyl carbamates (subject to hydrolysis) is 1. The van der Waals surface area contributed by atoms with Gasteiger partial charge in [0.05, 0.1) is 25.5 Å². The van der Waals surface area contributed by atoms with Crippen LogP contribution in [0.25, 0.3) is 11.0 Å². The first kappa shape index (κ1) is 30.7. The van der Waals surface area contributed by atoms with Crippen LogP contribution in [0.3, 0.4) is 0 Å². The van der Waals surface area contributed by atoms with Gasteiger partial charge in [-0.1, -0.05) is 40.5 Å². The molecule has 0 saturated heterocycles. The largest absolute Gasteiger partial charge is 0.492 e. The first-order valence-electron chi connectivity index (χ1n) is 13.7. The molecule has 220 valence electrons. The van der Waals surface area contributed by atoms with Crippen LogP contribution in [-0.2, 0) is 16.6 Å². The molecule has 3 atom stereocenters. The van der Waals surface area contributed by atoms with Gasteiger partial charge < -0.3 is 34.5 Å². The van der Waals surface area contributed by atoms with E-state index in [4.69, 9.17) is 19.2 Å². The zero-order chi connectivity index (χ0) is 29.4. The fourth-order valence-electron chi connectivity index (χ4n) is 4.41. The van der Waals surface area contributed by atoms with E-state index >= 15 is 0 Å². The van der Waals surface area contributed by atoms with Gasteiger partial charge in [0.15, 0.2) is 18.0 Å². The Bertz CT molecular complexity index is 1270. The van der Waals surface area contributed by atoms with Crippen LogP contribution in [0.5, 0.6) is 11.5 Å². The van der Waals surface area contributed by atoms with Crippen LogP contribution in [-0.4, -0.2) is 62.2 Å². The number of unbranched alkanes of at least 4 members (excludes halogenated alkanes) is 1. The van der Waals surface area contributed by atoms with Crippen molar-refractivity contribution in [1.29, 1.82) is 0 Å². The molecule has 12 nitrogen and oxygen atoms in total. The number of hydrogen-bond acceptors (Lipinski definition) is 8. The van der Waals surface area contributed by atoms with Crippen molar-refractivity contribution >= 4 is 28.9 Å². The van der Waals surface area contributed by atoms with Crippen molar-refractivity contribution in [1.82, 2.24) is 25.1 Å². The summed E-state index contributed by atoms with van der Waals surface area (Å²) in [5.41, 5.74) is 0.780. The number of amides is 2. The van der Waals surface area contributed by atoms with Crippen LogP contribution in [0.15, 0.2) is 24.4 Å². The van der Waals surface area contributed by atoms with Crippen LogP contribution < -0.4 is 20.1 Å². The second-order valence-corrected chi connectivity index (χ2v) is 10.6. The molecule has 0 radical (unpaired) electrons. The van der Waals surface area contributed by atoms with Crippen LogP contribution in [0, 0.1) is 5.41 Å². The summed E-state index contributed by atoms with van der Waals surface area (Å²) < 4.78 is 19.5. The van der Waals surface area contributed by atoms with Crippen LogP contribution >= 0.6 is 0 Å². The number of benzene rings is 1. The molecular formula is C28H42N6O6. The number of imidazole rings is 1. The standard InChI is InChI=1S/C28H42N6O6/c1-8-11-12-17(23(35)26(36)31-20-15-16-29-33-20)30-27(37)40-24(28(4,5)6)25-32-21-18(38-9-2)13-14-19(39-10-3)22(21)34(25)7/h13-17,23-24,35H,8-12H2,1-7H3,(H,30,37)(H2,29,31,33,36)/t17-,23+,24+/m0/s1. The monoisotopic (exact) mass is 558 g/mol. The van der Waals surface area contributed by atoms with Gasteiger partial charge >= 0.3 is 6.09 Å². The van der Waals surface area contributed by atoms with Crippen LogP contribution in [0.1, 0.15) is 72.7 Å². The minimum absolute atomic E-state index is 0.341. The number of ether oxygens (including phenoxy) is 3. The third-order valence-corrected chi connectivity index (χ3v) is 6.41. The summed E-state index contributed by atoms with van der Waals surface area (Å²) in [6.07, 6.45) is 0.311. The Morgan fingerprint density at radius 3 is 2.38 bits per heavy atom. The maximum Gasteiger partial charge on any atom is 0.408 e. The predicted molar refractivity (Wildman–Crippen MR) is 151 cm³/mol. The van der Waals surface area contributed by atoms with Gasteiger partial charge in [0.1, 0.15) is 28.4 Å². The number of anilines is 1. The maximum absolute atomic E-state index is 13.3. The predicted octanol–water partition coefficient (Wildman–Crippen LogP) is 4.47. The molecule has 0 aliphatic carbocycles. The van der Waals surface area contributed by atoms with Crippen molar-refractivity contribution in [2.24, 2.45) is 12.5 Å². The average molecular weight is 559 g/mol. The molecule has 1 aromatic carbocycles. The van der Waals surface area contributed by atoms with E-state index in [1.807, 2.05) is 65.3 Å². The van der Waals surface area contributed by atoms with E-state index in [-0.39, 0.29) is 0 Å². The lowest BCUT2D eigenvalue weighted by Gasteiger charge is -2.31. The summed E-state index contributed by atoms with van der Waals surface area (Å²) in [6, 6.07) is 4.36. The maximum atomic E-state index is 13.3. The molecule has 0 saturated carbocycles. The molecule has 3 rings (SSSR count). The van der Waals surface area contributed by atoms with Crippen molar-refractivity contribution in [2.75, 3.05) is 18.5 Å². The van der Waals surface area contributed by atoms with Crippen molar-refractivity contribution in [3.63, 3.8) is 0 Å². The van der Waals surface area contributed by atoms with Crippen molar-refractivity contribution < 1.29 is 28.9 Å². The molecule has 2 amide bonds. The second kappa shape index (κ2) is 13.5. The Balaban J connectivity index is 1.90. The number of fused-ring (bicyclic) bond motifs is 1. The van der Waals surface area contributed by atoms with Gasteiger partial charge in [0, 0.05) is 18.5 Å². The Morgan fingerprint density at radius 1 is 1.10 bits per heavy atom. The van der Waals surface area contributed by atoms with Gasteiger partial charge in [-0.2, -0.15) is 5.10 Å². The Morgan fingerprint density at radius 2 is 1.77 bits per heavy atom. The molecule has 4 N–H and O–H groups in total. The fraction of sp³-hybridized carbons (Fsp3) is 0.571. The van der Waals surface area contributed by atoms with E-state index < -0.39 is 35.7 Å². The summed E-state index contributed by atoms with van der Waals surface area (Å²) in [5.74, 6) is 1.43. The number of aliphatic hydroxyl groups excluding tert-OH is 1. The van der Waals surface area contributed by atoms with Gasteiger partial charge in [0.25, 0.3) is 5.91 Å². The number of nitrogens with zero attached hydrogens (tertiary/aromatic N) is 3. The van der Waals surface area contributed by atoms with E-state index in [1.54, 1.807) is 6.07 Å². The van der Waals surface area contributed by atoms with Gasteiger partial charge in [-0.05, 0) is 32.4 Å². The summed E-state index contributed by atoms with van der Waals surface area (Å²) in [5, 5.41) is 22.5. The van der Waals surface area contributed by atoms with E-state index in [1.165, 1.54) is 6.20 Å². The van der Waals surface area contributed by atoms with Gasteiger partial charge in [-0.25, -0.2) is 9.78 Å². The quantitative estimate of drug-likeness (QED) is 0.240. The first-order valence-corrected chi connectivity index (χ1v) is 13.7. The second-order valence-electron chi connectivity index (χ2n) is 10.6. The lowest BCUT2D eigenvalue weighted by molar-refractivity contribution is -0.125. The number of aryl methyl sites for hydroxylation is 1. The highest BCUT2D eigenvalue weighted by Gasteiger charge is 2.36. The molecular weight excluding hydrogens is 516 g/mol. The Kier molecular flexibility index (Phi) is 10.4. The molecule has 40 heavy (non-hydrogen) atoms. The Hall–Kier alpha value is -3.80. The number of aromatic amines is 1. The van der Waals surface area contributed by atoms with E-state index in [0.29, 0.717) is 54.7 Å². The molecule has 3 aromatic rings. The molecule has 0 spiro atoms. The van der Waals surface area contributed by atoms with Gasteiger partial charge in [-0.3, -0.25) is 9.89 Å². The fourth-order valence-corrected chi connectivity index (χ4v) is 4.41. The zero-order valence-corrected chi connectivity index (χ0v) is 24.4. The highest BCUT2D eigenvalue weighted by atomic mass is 16.6. The molecule has 12 heteroatoms. The third-order valence-electron chi connectivity index (χ3n) is 6.41. The minimum Gasteiger partial charge on any atom is -0.492 e. The van der Waals surface area contributed by atoms with E-state index in [0.717, 1.165) is 11.9 Å². The Labute approximate surface area is 234 Å². The lowest BCUT2D eigenvalue weighted by atomic mass is 9.88. The van der Waals surface area contributed by atoms with Gasteiger partial charge in [-0.15, -0.1) is 0 Å². The first-order chi connectivity index (χ1) is 19.0. The van der Waals surface area contributed by atoms with Crippen molar-refractivity contribution in [2.45, 2.75) is 79.1 Å². The summed E-state index contributed by atoms with van der Waals surface area (Å²) in [7, 11) is 1.84. The third kappa shape index (κ3) is 7.23. The smallest absolute Gasteiger partial charge is 0.408 e. The van der Waals surface area contributed by atoms with Crippen molar-refractivity contribution in [3.05, 3.63) is 30.2 Å². The number of nitrogens with one attached hydrogen (secondary N) is 3. The van der Waals surface area contributed by atoms with Crippen LogP contribution in [0.2, 0.25) is 0 Å². The summed E-state index contributed by atoms with van der Waals surface area (Å²) in [6.45, 7) is 12.6. The molecule has 0 aliphatic heterocycles. The minimum atomic E-state index is -1.51. The number of H-pyrrole nitrogens is 1. The number of hydrogen-bond donors (Lipinski definition) is 4. The van der Waals surface area contributed by atoms with Crippen molar-refractivity contribution in [3.8, 4) is 11.5 Å². The number of carbonyl (C=O) groups excluding carboxylic acids is 2. The van der Waals surface area contributed by atoms with E-state index in [2.05, 4.69) is 20.8 Å². The SMILES string of the molecule is CCCC[C@H](NC(=O)O[C@H](c1nc2c(OCC)ccc(OCC)c2n1C)C(C)(C)C)[C@@H](O)C(=O)Nc1ccn[nH]1. The number of aliphatic hydroxyl groups is 1. The molecule has 0 bridgehead atoms. The van der Waals surface area contributed by atoms with Gasteiger partial charge in [0.2, 0.25) is 0 Å². The van der Waals surface area contributed by atoms with E-state index in [9.17, 15) is 14.7 Å². The summed E-state index contributed by atoms with van der Waals surface area (Å²) in [4.78, 5) is 30.8. The highest BCUT2D eigenvalue weighted by molar-refractivity contribution is 5.94. The zero-order valence-electron chi connectivity index (χ0n) is 24.4. The summed E-state index contributed by atoms with van der Waals surface area (Å²) >= 11 is 0. The number of carbonyl (C=O) groups is 2. The number of aromatic nitrogens is 4. The molecule has 0 fully saturated rings. The lowest BCUT2D eigenvalue weighted by Crippen LogP contribution is -2.49. The molecule has 2 aromatic heterocycles. The normalized spacial score (nSPS) is 13.9. The molecule has 0 aliphatic rings. The average Bonchev–Trinajstić information content (AvgIpc) is 3.53. The molecule has 2 heterocycles. The number of rotatable bonds is 13. The highest BCUT2D eigenvalue weighted by Crippen LogP contribution is 2.40.